The molecule has 3 heterocycles. The SMILES string of the molecule is O=C(Nc1cccc2ncccc12)c1ccccc1Sc1ccc2c(/C=C/c3ccccn3)n[nH]c2c1. The van der Waals surface area contributed by atoms with Crippen LogP contribution >= 0.6 is 11.8 Å². The fourth-order valence-corrected chi connectivity index (χ4v) is 5.11. The average Bonchev–Trinajstić information content (AvgIpc) is 3.35. The van der Waals surface area contributed by atoms with Crippen molar-refractivity contribution in [3.05, 3.63) is 120 Å². The number of fused-ring (bicyclic) bond motifs is 2. The van der Waals surface area contributed by atoms with Crippen LogP contribution in [0.25, 0.3) is 34.0 Å². The Labute approximate surface area is 217 Å². The highest BCUT2D eigenvalue weighted by Gasteiger charge is 2.14. The van der Waals surface area contributed by atoms with Gasteiger partial charge in [0.05, 0.1) is 33.7 Å². The third-order valence-electron chi connectivity index (χ3n) is 5.92. The topological polar surface area (TPSA) is 83.6 Å². The largest absolute Gasteiger partial charge is 0.321 e. The van der Waals surface area contributed by atoms with Gasteiger partial charge in [0.25, 0.3) is 5.91 Å². The molecule has 37 heavy (non-hydrogen) atoms. The van der Waals surface area contributed by atoms with E-state index in [1.165, 1.54) is 0 Å². The smallest absolute Gasteiger partial charge is 0.256 e. The van der Waals surface area contributed by atoms with E-state index in [1.807, 2.05) is 97.1 Å². The van der Waals surface area contributed by atoms with Crippen LogP contribution in [0.5, 0.6) is 0 Å². The Hall–Kier alpha value is -4.75. The molecular weight excluding hydrogens is 478 g/mol. The number of pyridine rings is 2. The molecule has 1 amide bonds. The Balaban J connectivity index is 1.24. The molecule has 2 N–H and O–H groups in total. The van der Waals surface area contributed by atoms with Crippen molar-refractivity contribution in [1.29, 1.82) is 0 Å². The normalized spacial score (nSPS) is 11.4. The summed E-state index contributed by atoms with van der Waals surface area (Å²) >= 11 is 1.54. The van der Waals surface area contributed by atoms with E-state index in [-0.39, 0.29) is 5.91 Å². The van der Waals surface area contributed by atoms with E-state index in [0.717, 1.165) is 48.7 Å². The summed E-state index contributed by atoms with van der Waals surface area (Å²) in [5.74, 6) is -0.163. The first kappa shape index (κ1) is 22.7. The molecule has 0 saturated carbocycles. The molecule has 0 atom stereocenters. The van der Waals surface area contributed by atoms with Gasteiger partial charge in [0.1, 0.15) is 0 Å². The minimum Gasteiger partial charge on any atom is -0.321 e. The number of carbonyl (C=O) groups excluding carboxylic acids is 1. The van der Waals surface area contributed by atoms with E-state index in [4.69, 9.17) is 0 Å². The fourth-order valence-electron chi connectivity index (χ4n) is 4.12. The fraction of sp³-hybridized carbons (Fsp3) is 0. The molecule has 0 saturated heterocycles. The molecular formula is C30H21N5OS. The second-order valence-electron chi connectivity index (χ2n) is 8.33. The second kappa shape index (κ2) is 10.1. The number of nitrogens with one attached hydrogen (secondary N) is 2. The van der Waals surface area contributed by atoms with Crippen LogP contribution in [0.2, 0.25) is 0 Å². The highest BCUT2D eigenvalue weighted by molar-refractivity contribution is 7.99. The monoisotopic (exact) mass is 499 g/mol. The zero-order valence-electron chi connectivity index (χ0n) is 19.6. The molecule has 3 aromatic heterocycles. The third-order valence-corrected chi connectivity index (χ3v) is 6.98. The van der Waals surface area contributed by atoms with E-state index in [9.17, 15) is 4.79 Å². The summed E-state index contributed by atoms with van der Waals surface area (Å²) in [5, 5.41) is 12.6. The van der Waals surface area contributed by atoms with Gasteiger partial charge in [-0.2, -0.15) is 5.10 Å². The number of H-pyrrole nitrogens is 1. The van der Waals surface area contributed by atoms with Crippen LogP contribution in [-0.4, -0.2) is 26.1 Å². The highest BCUT2D eigenvalue weighted by Crippen LogP contribution is 2.33. The molecule has 0 aliphatic rings. The van der Waals surface area contributed by atoms with Crippen molar-refractivity contribution in [3.8, 4) is 0 Å². The van der Waals surface area contributed by atoms with Crippen LogP contribution in [-0.2, 0) is 0 Å². The Morgan fingerprint density at radius 2 is 1.70 bits per heavy atom. The summed E-state index contributed by atoms with van der Waals surface area (Å²) in [6.07, 6.45) is 7.41. The predicted molar refractivity (Wildman–Crippen MR) is 150 cm³/mol. The molecule has 6 aromatic rings. The molecule has 0 aliphatic carbocycles. The molecule has 0 fully saturated rings. The molecule has 3 aromatic carbocycles. The standard InChI is InChI=1S/C30H21N5OS/c36-30(33-26-11-5-10-25-22(26)9-6-18-32-25)24-8-1-2-12-29(24)37-21-14-15-23-27(34-35-28(23)19-21)16-13-20-7-3-4-17-31-20/h1-19H,(H,33,36)(H,34,35)/b16-13+. The first-order chi connectivity index (χ1) is 18.2. The Bertz CT molecular complexity index is 1760. The summed E-state index contributed by atoms with van der Waals surface area (Å²) in [5.41, 5.74) is 4.83. The van der Waals surface area contributed by atoms with Gasteiger partial charge >= 0.3 is 0 Å². The van der Waals surface area contributed by atoms with Crippen LogP contribution in [0.15, 0.2) is 113 Å². The summed E-state index contributed by atoms with van der Waals surface area (Å²) < 4.78 is 0. The number of amides is 1. The first-order valence-electron chi connectivity index (χ1n) is 11.7. The number of hydrogen-bond acceptors (Lipinski definition) is 5. The molecule has 178 valence electrons. The average molecular weight is 500 g/mol. The zero-order chi connectivity index (χ0) is 25.0. The van der Waals surface area contributed by atoms with Crippen molar-refractivity contribution < 1.29 is 4.79 Å². The van der Waals surface area contributed by atoms with Gasteiger partial charge in [0, 0.05) is 33.0 Å². The first-order valence-corrected chi connectivity index (χ1v) is 12.6. The van der Waals surface area contributed by atoms with E-state index < -0.39 is 0 Å². The summed E-state index contributed by atoms with van der Waals surface area (Å²) in [6, 6.07) is 29.1. The highest BCUT2D eigenvalue weighted by atomic mass is 32.2. The van der Waals surface area contributed by atoms with E-state index >= 15 is 0 Å². The maximum Gasteiger partial charge on any atom is 0.256 e. The minimum absolute atomic E-state index is 0.163. The van der Waals surface area contributed by atoms with Crippen molar-refractivity contribution in [2.75, 3.05) is 5.32 Å². The van der Waals surface area contributed by atoms with E-state index in [1.54, 1.807) is 24.2 Å². The van der Waals surface area contributed by atoms with E-state index in [2.05, 4.69) is 31.5 Å². The van der Waals surface area contributed by atoms with Gasteiger partial charge in [-0.25, -0.2) is 0 Å². The van der Waals surface area contributed by atoms with Crippen molar-refractivity contribution in [2.24, 2.45) is 0 Å². The molecule has 0 unspecified atom stereocenters. The molecule has 0 radical (unpaired) electrons. The van der Waals surface area contributed by atoms with Crippen LogP contribution in [0.1, 0.15) is 21.7 Å². The van der Waals surface area contributed by atoms with Crippen LogP contribution < -0.4 is 5.32 Å². The lowest BCUT2D eigenvalue weighted by molar-refractivity contribution is 0.102. The van der Waals surface area contributed by atoms with Crippen LogP contribution in [0.4, 0.5) is 5.69 Å². The van der Waals surface area contributed by atoms with Crippen LogP contribution in [0.3, 0.4) is 0 Å². The number of nitrogens with zero attached hydrogens (tertiary/aromatic N) is 3. The van der Waals surface area contributed by atoms with Gasteiger partial charge in [0.2, 0.25) is 0 Å². The molecule has 0 spiro atoms. The molecule has 6 nitrogen and oxygen atoms in total. The van der Waals surface area contributed by atoms with Gasteiger partial charge in [-0.05, 0) is 78.9 Å². The molecule has 7 heteroatoms. The number of aromatic amines is 1. The van der Waals surface area contributed by atoms with Crippen molar-refractivity contribution >= 4 is 57.3 Å². The number of carbonyl (C=O) groups is 1. The lowest BCUT2D eigenvalue weighted by Gasteiger charge is -2.11. The van der Waals surface area contributed by atoms with E-state index in [0.29, 0.717) is 5.56 Å². The van der Waals surface area contributed by atoms with Crippen molar-refractivity contribution in [3.63, 3.8) is 0 Å². The maximum atomic E-state index is 13.3. The summed E-state index contributed by atoms with van der Waals surface area (Å²) in [4.78, 5) is 23.9. The second-order valence-corrected chi connectivity index (χ2v) is 9.45. The summed E-state index contributed by atoms with van der Waals surface area (Å²) in [6.45, 7) is 0. The van der Waals surface area contributed by atoms with Gasteiger partial charge in [-0.3, -0.25) is 19.9 Å². The number of rotatable bonds is 6. The summed E-state index contributed by atoms with van der Waals surface area (Å²) in [7, 11) is 0. The van der Waals surface area contributed by atoms with Gasteiger partial charge in [0.15, 0.2) is 0 Å². The number of aromatic nitrogens is 4. The number of hydrogen-bond donors (Lipinski definition) is 2. The lowest BCUT2D eigenvalue weighted by Crippen LogP contribution is -2.13. The molecule has 6 rings (SSSR count). The Kier molecular flexibility index (Phi) is 6.19. The van der Waals surface area contributed by atoms with Gasteiger partial charge < -0.3 is 5.32 Å². The zero-order valence-corrected chi connectivity index (χ0v) is 20.4. The Morgan fingerprint density at radius 3 is 2.62 bits per heavy atom. The lowest BCUT2D eigenvalue weighted by atomic mass is 10.1. The molecule has 0 aliphatic heterocycles. The van der Waals surface area contributed by atoms with Crippen molar-refractivity contribution in [2.45, 2.75) is 9.79 Å². The number of anilines is 1. The number of benzene rings is 3. The predicted octanol–water partition coefficient (Wildman–Crippen LogP) is 7.08. The minimum atomic E-state index is -0.163. The Morgan fingerprint density at radius 1 is 0.811 bits per heavy atom. The maximum absolute atomic E-state index is 13.3. The molecule has 0 bridgehead atoms. The van der Waals surface area contributed by atoms with Crippen LogP contribution in [0, 0.1) is 0 Å². The quantitative estimate of drug-likeness (QED) is 0.256. The van der Waals surface area contributed by atoms with Crippen molar-refractivity contribution in [1.82, 2.24) is 20.2 Å². The van der Waals surface area contributed by atoms with Gasteiger partial charge in [-0.1, -0.05) is 36.0 Å². The van der Waals surface area contributed by atoms with Gasteiger partial charge in [-0.15, -0.1) is 0 Å². The third kappa shape index (κ3) is 4.85.